The number of nitrogens with one attached hydrogen (secondary N) is 1. The predicted molar refractivity (Wildman–Crippen MR) is 65.9 cm³/mol. The summed E-state index contributed by atoms with van der Waals surface area (Å²) in [4.78, 5) is 0. The van der Waals surface area contributed by atoms with E-state index in [1.807, 2.05) is 13.8 Å². The number of halogens is 3. The second-order valence-corrected chi connectivity index (χ2v) is 4.32. The van der Waals surface area contributed by atoms with Crippen molar-refractivity contribution in [1.29, 1.82) is 0 Å². The third-order valence-electron chi connectivity index (χ3n) is 2.70. The van der Waals surface area contributed by atoms with Crippen molar-refractivity contribution in [2.45, 2.75) is 38.5 Å². The first kappa shape index (κ1) is 14.6. The second kappa shape index (κ2) is 5.92. The zero-order valence-electron chi connectivity index (χ0n) is 10.4. The largest absolute Gasteiger partial charge is 0.416 e. The topological polar surface area (TPSA) is 12.0 Å². The van der Waals surface area contributed by atoms with E-state index < -0.39 is 11.7 Å². The number of hydrogen-bond acceptors (Lipinski definition) is 1. The van der Waals surface area contributed by atoms with E-state index in [1.54, 1.807) is 0 Å². The molecule has 1 rings (SSSR count). The summed E-state index contributed by atoms with van der Waals surface area (Å²) in [6.45, 7) is 3.84. The molecule has 1 N–H and O–H groups in total. The van der Waals surface area contributed by atoms with Gasteiger partial charge in [0.15, 0.2) is 0 Å². The molecule has 1 nitrogen and oxygen atoms in total. The van der Waals surface area contributed by atoms with Crippen molar-refractivity contribution in [2.24, 2.45) is 0 Å². The van der Waals surface area contributed by atoms with E-state index in [0.717, 1.165) is 17.7 Å². The molecule has 0 saturated carbocycles. The maximum Gasteiger partial charge on any atom is 0.416 e. The molecule has 0 aromatic heterocycles. The number of hydrogen-bond donors (Lipinski definition) is 1. The van der Waals surface area contributed by atoms with Gasteiger partial charge >= 0.3 is 6.18 Å². The Morgan fingerprint density at radius 2 is 1.78 bits per heavy atom. The molecule has 0 aliphatic rings. The first-order valence-electron chi connectivity index (χ1n) is 5.71. The Hall–Kier alpha value is -1.47. The molecule has 2 unspecified atom stereocenters. The molecule has 0 spiro atoms. The Morgan fingerprint density at radius 1 is 1.22 bits per heavy atom. The Kier molecular flexibility index (Phi) is 4.80. The van der Waals surface area contributed by atoms with Crippen molar-refractivity contribution in [3.05, 3.63) is 35.4 Å². The molecule has 0 aliphatic carbocycles. The number of terminal acetylenes is 1. The highest BCUT2D eigenvalue weighted by Crippen LogP contribution is 2.29. The van der Waals surface area contributed by atoms with Crippen LogP contribution in [0.2, 0.25) is 0 Å². The van der Waals surface area contributed by atoms with Crippen molar-refractivity contribution in [3.63, 3.8) is 0 Å². The minimum Gasteiger partial charge on any atom is -0.307 e. The van der Waals surface area contributed by atoms with Crippen LogP contribution in [-0.2, 0) is 6.18 Å². The number of benzene rings is 1. The zero-order chi connectivity index (χ0) is 13.8. The SMILES string of the molecule is C#CCC(C)NC(C)c1ccc(C(F)(F)F)cc1. The van der Waals surface area contributed by atoms with Crippen LogP contribution in [0.5, 0.6) is 0 Å². The van der Waals surface area contributed by atoms with Crippen LogP contribution in [0.1, 0.15) is 37.4 Å². The third-order valence-corrected chi connectivity index (χ3v) is 2.70. The van der Waals surface area contributed by atoms with Gasteiger partial charge in [0.1, 0.15) is 0 Å². The van der Waals surface area contributed by atoms with Crippen LogP contribution >= 0.6 is 0 Å². The van der Waals surface area contributed by atoms with E-state index >= 15 is 0 Å². The fraction of sp³-hybridized carbons (Fsp3) is 0.429. The fourth-order valence-electron chi connectivity index (χ4n) is 1.72. The molecule has 4 heteroatoms. The Labute approximate surface area is 105 Å². The highest BCUT2D eigenvalue weighted by molar-refractivity contribution is 5.26. The summed E-state index contributed by atoms with van der Waals surface area (Å²) < 4.78 is 37.2. The maximum absolute atomic E-state index is 12.4. The highest BCUT2D eigenvalue weighted by Gasteiger charge is 2.30. The van der Waals surface area contributed by atoms with Crippen LogP contribution in [0.25, 0.3) is 0 Å². The summed E-state index contributed by atoms with van der Waals surface area (Å²) in [6.07, 6.45) is 1.50. The van der Waals surface area contributed by atoms with Gasteiger partial charge in [-0.05, 0) is 31.5 Å². The van der Waals surface area contributed by atoms with Crippen LogP contribution in [-0.4, -0.2) is 6.04 Å². The van der Waals surface area contributed by atoms with Crippen molar-refractivity contribution in [3.8, 4) is 12.3 Å². The molecular weight excluding hydrogens is 239 g/mol. The van der Waals surface area contributed by atoms with Crippen LogP contribution in [0, 0.1) is 12.3 Å². The average molecular weight is 255 g/mol. The standard InChI is InChI=1S/C14H16F3N/c1-4-5-10(2)18-11(3)12-6-8-13(9-7-12)14(15,16)17/h1,6-11,18H,5H2,2-3H3. The summed E-state index contributed by atoms with van der Waals surface area (Å²) in [7, 11) is 0. The second-order valence-electron chi connectivity index (χ2n) is 4.32. The quantitative estimate of drug-likeness (QED) is 0.808. The minimum absolute atomic E-state index is 0.0318. The first-order valence-corrected chi connectivity index (χ1v) is 5.71. The molecule has 0 aliphatic heterocycles. The van der Waals surface area contributed by atoms with Crippen LogP contribution in [0.15, 0.2) is 24.3 Å². The molecule has 1 aromatic rings. The van der Waals surface area contributed by atoms with Gasteiger partial charge in [-0.25, -0.2) is 0 Å². The molecule has 18 heavy (non-hydrogen) atoms. The van der Waals surface area contributed by atoms with Gasteiger partial charge in [-0.1, -0.05) is 12.1 Å². The van der Waals surface area contributed by atoms with Gasteiger partial charge in [0.25, 0.3) is 0 Å². The Morgan fingerprint density at radius 3 is 2.22 bits per heavy atom. The van der Waals surface area contributed by atoms with Gasteiger partial charge in [-0.3, -0.25) is 0 Å². The lowest BCUT2D eigenvalue weighted by Crippen LogP contribution is -2.28. The summed E-state index contributed by atoms with van der Waals surface area (Å²) in [5, 5.41) is 3.23. The summed E-state index contributed by atoms with van der Waals surface area (Å²) in [6, 6.07) is 5.27. The molecule has 1 aromatic carbocycles. The smallest absolute Gasteiger partial charge is 0.307 e. The van der Waals surface area contributed by atoms with E-state index in [0.29, 0.717) is 6.42 Å². The predicted octanol–water partition coefficient (Wildman–Crippen LogP) is 3.77. The van der Waals surface area contributed by atoms with E-state index in [4.69, 9.17) is 6.42 Å². The summed E-state index contributed by atoms with van der Waals surface area (Å²) >= 11 is 0. The van der Waals surface area contributed by atoms with Crippen LogP contribution < -0.4 is 5.32 Å². The number of alkyl halides is 3. The normalized spacial score (nSPS) is 14.9. The van der Waals surface area contributed by atoms with Gasteiger partial charge in [0.05, 0.1) is 5.56 Å². The van der Waals surface area contributed by atoms with Crippen molar-refractivity contribution >= 4 is 0 Å². The first-order chi connectivity index (χ1) is 8.34. The maximum atomic E-state index is 12.4. The third kappa shape index (κ3) is 4.08. The van der Waals surface area contributed by atoms with Crippen molar-refractivity contribution in [1.82, 2.24) is 5.32 Å². The molecule has 2 atom stereocenters. The van der Waals surface area contributed by atoms with Crippen LogP contribution in [0.3, 0.4) is 0 Å². The van der Waals surface area contributed by atoms with E-state index in [2.05, 4.69) is 11.2 Å². The molecule has 0 amide bonds. The zero-order valence-corrected chi connectivity index (χ0v) is 10.4. The lowest BCUT2D eigenvalue weighted by molar-refractivity contribution is -0.137. The molecule has 0 bridgehead atoms. The van der Waals surface area contributed by atoms with Gasteiger partial charge in [0.2, 0.25) is 0 Å². The fourth-order valence-corrected chi connectivity index (χ4v) is 1.72. The van der Waals surface area contributed by atoms with Crippen molar-refractivity contribution in [2.75, 3.05) is 0 Å². The van der Waals surface area contributed by atoms with E-state index in [-0.39, 0.29) is 12.1 Å². The van der Waals surface area contributed by atoms with Gasteiger partial charge in [-0.15, -0.1) is 12.3 Å². The lowest BCUT2D eigenvalue weighted by atomic mass is 10.0. The highest BCUT2D eigenvalue weighted by atomic mass is 19.4. The van der Waals surface area contributed by atoms with Gasteiger partial charge in [0, 0.05) is 18.5 Å². The van der Waals surface area contributed by atoms with E-state index in [9.17, 15) is 13.2 Å². The van der Waals surface area contributed by atoms with Gasteiger partial charge < -0.3 is 5.32 Å². The molecule has 98 valence electrons. The Balaban J connectivity index is 2.71. The molecule has 0 radical (unpaired) electrons. The monoisotopic (exact) mass is 255 g/mol. The minimum atomic E-state index is -4.29. The summed E-state index contributed by atoms with van der Waals surface area (Å²) in [5.74, 6) is 2.54. The summed E-state index contributed by atoms with van der Waals surface area (Å²) in [5.41, 5.74) is 0.182. The van der Waals surface area contributed by atoms with Crippen molar-refractivity contribution < 1.29 is 13.2 Å². The average Bonchev–Trinajstić information content (AvgIpc) is 2.28. The molecular formula is C14H16F3N. The molecule has 0 heterocycles. The molecule has 0 saturated heterocycles. The van der Waals surface area contributed by atoms with Crippen LogP contribution in [0.4, 0.5) is 13.2 Å². The van der Waals surface area contributed by atoms with E-state index in [1.165, 1.54) is 12.1 Å². The van der Waals surface area contributed by atoms with Gasteiger partial charge in [-0.2, -0.15) is 13.2 Å². The molecule has 0 fully saturated rings. The Bertz CT molecular complexity index is 414. The lowest BCUT2D eigenvalue weighted by Gasteiger charge is -2.19. The number of rotatable bonds is 4.